The molecule has 194 valence electrons. The number of ether oxygens (including phenoxy) is 2. The number of amides is 1. The van der Waals surface area contributed by atoms with Crippen LogP contribution in [0.15, 0.2) is 102 Å². The van der Waals surface area contributed by atoms with Crippen molar-refractivity contribution in [3.05, 3.63) is 129 Å². The van der Waals surface area contributed by atoms with E-state index in [1.165, 1.54) is 17.6 Å². The van der Waals surface area contributed by atoms with Crippen molar-refractivity contribution < 1.29 is 19.1 Å². The molecule has 0 aliphatic heterocycles. The van der Waals surface area contributed by atoms with Crippen LogP contribution in [-0.4, -0.2) is 18.1 Å². The van der Waals surface area contributed by atoms with E-state index in [0.29, 0.717) is 44.2 Å². The number of carbonyl (C=O) groups is 2. The Labute approximate surface area is 238 Å². The van der Waals surface area contributed by atoms with Crippen LogP contribution in [0, 0.1) is 0 Å². The zero-order valence-electron chi connectivity index (χ0n) is 20.3. The second kappa shape index (κ2) is 12.1. The molecule has 0 aliphatic rings. The number of benzene rings is 4. The van der Waals surface area contributed by atoms with Crippen molar-refractivity contribution in [2.75, 3.05) is 0 Å². The lowest BCUT2D eigenvalue weighted by atomic mass is 10.1. The lowest BCUT2D eigenvalue weighted by molar-refractivity contribution is 0.0740. The Morgan fingerprint density at radius 2 is 1.64 bits per heavy atom. The van der Waals surface area contributed by atoms with Crippen LogP contribution in [0.2, 0.25) is 10.0 Å². The van der Waals surface area contributed by atoms with Crippen molar-refractivity contribution in [3.63, 3.8) is 0 Å². The van der Waals surface area contributed by atoms with Gasteiger partial charge in [0.1, 0.15) is 23.0 Å². The second-order valence-electron chi connectivity index (χ2n) is 8.34. The third kappa shape index (κ3) is 6.64. The number of rotatable bonds is 8. The molecule has 0 spiro atoms. The van der Waals surface area contributed by atoms with Crippen molar-refractivity contribution >= 4 is 62.7 Å². The fourth-order valence-corrected chi connectivity index (χ4v) is 5.15. The van der Waals surface area contributed by atoms with Gasteiger partial charge < -0.3 is 9.47 Å². The fourth-order valence-electron chi connectivity index (χ4n) is 3.64. The molecule has 0 unspecified atom stereocenters. The van der Waals surface area contributed by atoms with Gasteiger partial charge in [-0.15, -0.1) is 11.3 Å². The normalized spacial score (nSPS) is 11.0. The largest absolute Gasteiger partial charge is 0.489 e. The predicted octanol–water partition coefficient (Wildman–Crippen LogP) is 7.77. The Kier molecular flexibility index (Phi) is 8.22. The molecule has 0 saturated carbocycles. The first kappa shape index (κ1) is 26.4. The molecule has 39 heavy (non-hydrogen) atoms. The van der Waals surface area contributed by atoms with Crippen LogP contribution < -0.4 is 14.9 Å². The van der Waals surface area contributed by atoms with Crippen LogP contribution in [0.25, 0.3) is 10.1 Å². The van der Waals surface area contributed by atoms with E-state index < -0.39 is 5.97 Å². The molecule has 1 heterocycles. The van der Waals surface area contributed by atoms with Crippen LogP contribution in [0.3, 0.4) is 0 Å². The van der Waals surface area contributed by atoms with Gasteiger partial charge in [-0.05, 0) is 65.7 Å². The van der Waals surface area contributed by atoms with Gasteiger partial charge in [-0.2, -0.15) is 5.10 Å². The van der Waals surface area contributed by atoms with Crippen molar-refractivity contribution in [1.82, 2.24) is 5.43 Å². The van der Waals surface area contributed by atoms with Crippen molar-refractivity contribution in [2.45, 2.75) is 6.61 Å². The number of hydrogen-bond donors (Lipinski definition) is 1. The Balaban J connectivity index is 1.15. The third-order valence-corrected chi connectivity index (χ3v) is 7.51. The topological polar surface area (TPSA) is 77.0 Å². The molecule has 1 N–H and O–H groups in total. The van der Waals surface area contributed by atoms with Crippen LogP contribution in [0.4, 0.5) is 0 Å². The van der Waals surface area contributed by atoms with Crippen molar-refractivity contribution in [3.8, 4) is 11.5 Å². The molecule has 9 heteroatoms. The summed E-state index contributed by atoms with van der Waals surface area (Å²) < 4.78 is 12.2. The van der Waals surface area contributed by atoms with Crippen LogP contribution in [-0.2, 0) is 6.61 Å². The highest BCUT2D eigenvalue weighted by Gasteiger charge is 2.19. The molecule has 0 bridgehead atoms. The first-order valence-electron chi connectivity index (χ1n) is 11.8. The summed E-state index contributed by atoms with van der Waals surface area (Å²) in [5.41, 5.74) is 4.50. The molecule has 0 radical (unpaired) electrons. The van der Waals surface area contributed by atoms with E-state index in [1.807, 2.05) is 36.4 Å². The zero-order valence-corrected chi connectivity index (χ0v) is 22.6. The van der Waals surface area contributed by atoms with E-state index >= 15 is 0 Å². The number of esters is 1. The van der Waals surface area contributed by atoms with Gasteiger partial charge in [-0.1, -0.05) is 65.7 Å². The fraction of sp³-hybridized carbons (Fsp3) is 0.0333. The monoisotopic (exact) mass is 574 g/mol. The molecular weight excluding hydrogens is 555 g/mol. The van der Waals surface area contributed by atoms with Crippen molar-refractivity contribution in [2.24, 2.45) is 5.10 Å². The van der Waals surface area contributed by atoms with Gasteiger partial charge in [0.15, 0.2) is 0 Å². The average Bonchev–Trinajstić information content (AvgIpc) is 3.30. The summed E-state index contributed by atoms with van der Waals surface area (Å²) in [5.74, 6) is 0.141. The zero-order chi connectivity index (χ0) is 27.2. The first-order chi connectivity index (χ1) is 19.0. The maximum absolute atomic E-state index is 12.7. The maximum Gasteiger partial charge on any atom is 0.355 e. The molecule has 0 atom stereocenters. The molecule has 5 rings (SSSR count). The smallest absolute Gasteiger partial charge is 0.355 e. The van der Waals surface area contributed by atoms with Gasteiger partial charge in [0.25, 0.3) is 5.91 Å². The van der Waals surface area contributed by atoms with E-state index in [-0.39, 0.29) is 5.91 Å². The molecular formula is C30H20Cl2N2O4S. The number of fused-ring (bicyclic) bond motifs is 1. The highest BCUT2D eigenvalue weighted by molar-refractivity contribution is 7.21. The number of nitrogens with one attached hydrogen (secondary N) is 1. The van der Waals surface area contributed by atoms with Gasteiger partial charge in [0, 0.05) is 20.7 Å². The highest BCUT2D eigenvalue weighted by Crippen LogP contribution is 2.35. The Morgan fingerprint density at radius 3 is 2.41 bits per heavy atom. The highest BCUT2D eigenvalue weighted by atomic mass is 35.5. The Morgan fingerprint density at radius 1 is 0.872 bits per heavy atom. The average molecular weight is 575 g/mol. The summed E-state index contributed by atoms with van der Waals surface area (Å²) in [6, 6.07) is 28.5. The van der Waals surface area contributed by atoms with E-state index in [0.717, 1.165) is 15.6 Å². The summed E-state index contributed by atoms with van der Waals surface area (Å²) in [6.07, 6.45) is 1.47. The molecule has 0 saturated heterocycles. The summed E-state index contributed by atoms with van der Waals surface area (Å²) in [7, 11) is 0. The van der Waals surface area contributed by atoms with E-state index in [1.54, 1.807) is 60.7 Å². The predicted molar refractivity (Wildman–Crippen MR) is 156 cm³/mol. The Hall–Kier alpha value is -4.17. The van der Waals surface area contributed by atoms with Gasteiger partial charge in [-0.3, -0.25) is 4.79 Å². The van der Waals surface area contributed by atoms with E-state index in [2.05, 4.69) is 10.5 Å². The number of halogens is 2. The van der Waals surface area contributed by atoms with Gasteiger partial charge in [0.05, 0.1) is 11.2 Å². The van der Waals surface area contributed by atoms with Crippen LogP contribution in [0.1, 0.15) is 31.2 Å². The molecule has 5 aromatic rings. The second-order valence-corrected chi connectivity index (χ2v) is 10.2. The molecule has 1 aromatic heterocycles. The molecule has 1 amide bonds. The minimum atomic E-state index is -0.536. The molecule has 0 fully saturated rings. The molecule has 0 aliphatic carbocycles. The van der Waals surface area contributed by atoms with Gasteiger partial charge >= 0.3 is 5.97 Å². The quantitative estimate of drug-likeness (QED) is 0.0888. The van der Waals surface area contributed by atoms with E-state index in [9.17, 15) is 9.59 Å². The number of thiophene rings is 1. The number of nitrogens with zero attached hydrogens (tertiary/aromatic N) is 1. The lowest BCUT2D eigenvalue weighted by Gasteiger charge is -2.07. The van der Waals surface area contributed by atoms with Crippen molar-refractivity contribution in [1.29, 1.82) is 0 Å². The number of hydrogen-bond acceptors (Lipinski definition) is 6. The number of carbonyl (C=O) groups excluding carboxylic acids is 2. The van der Waals surface area contributed by atoms with E-state index in [4.69, 9.17) is 32.7 Å². The summed E-state index contributed by atoms with van der Waals surface area (Å²) in [5, 5.41) is 5.86. The maximum atomic E-state index is 12.7. The lowest BCUT2D eigenvalue weighted by Crippen LogP contribution is -2.17. The summed E-state index contributed by atoms with van der Waals surface area (Å²) in [4.78, 5) is 25.5. The summed E-state index contributed by atoms with van der Waals surface area (Å²) >= 11 is 13.6. The molecule has 6 nitrogen and oxygen atoms in total. The Bertz CT molecular complexity index is 1670. The summed E-state index contributed by atoms with van der Waals surface area (Å²) in [6.45, 7) is 0.359. The number of hydrazone groups is 1. The van der Waals surface area contributed by atoms with Gasteiger partial charge in [-0.25, -0.2) is 10.2 Å². The first-order valence-corrected chi connectivity index (χ1v) is 13.3. The van der Waals surface area contributed by atoms with Crippen LogP contribution in [0.5, 0.6) is 11.5 Å². The molecule has 4 aromatic carbocycles. The van der Waals surface area contributed by atoms with Crippen LogP contribution >= 0.6 is 34.5 Å². The standard InChI is InChI=1S/C30H20Cl2N2O4S/c31-22-12-14-23(15-13-22)37-18-19-8-10-21(11-9-19)29(35)34-33-17-20-4-3-5-24(16-20)38-30(36)28-27(32)25-6-1-2-7-26(25)39-28/h1-17H,18H2,(H,34,35)/b33-17+. The van der Waals surface area contributed by atoms with Gasteiger partial charge in [0.2, 0.25) is 0 Å². The SMILES string of the molecule is O=C(N/N=C/c1cccc(OC(=O)c2sc3ccccc3c2Cl)c1)c1ccc(COc2ccc(Cl)cc2)cc1. The third-order valence-electron chi connectivity index (χ3n) is 5.60. The minimum absolute atomic E-state index is 0.334. The minimum Gasteiger partial charge on any atom is -0.489 e.